The molecular formula is C24H28N4O3. The fraction of sp³-hybridized carbons (Fsp3) is 0.417. The van der Waals surface area contributed by atoms with Crippen molar-refractivity contribution in [2.45, 2.75) is 38.1 Å². The average molecular weight is 421 g/mol. The second-order valence-corrected chi connectivity index (χ2v) is 8.09. The van der Waals surface area contributed by atoms with Crippen molar-refractivity contribution in [3.63, 3.8) is 0 Å². The van der Waals surface area contributed by atoms with Crippen molar-refractivity contribution in [2.24, 2.45) is 11.7 Å². The molecule has 162 valence electrons. The topological polar surface area (TPSA) is 94.8 Å². The van der Waals surface area contributed by atoms with Crippen LogP contribution in [0.25, 0.3) is 16.9 Å². The highest BCUT2D eigenvalue weighted by atomic mass is 16.5. The zero-order valence-corrected chi connectivity index (χ0v) is 18.2. The fourth-order valence-corrected chi connectivity index (χ4v) is 4.67. The molecule has 3 aromatic rings. The smallest absolute Gasteiger partial charge is 0.199 e. The lowest BCUT2D eigenvalue weighted by Gasteiger charge is -2.31. The highest BCUT2D eigenvalue weighted by Gasteiger charge is 2.39. The van der Waals surface area contributed by atoms with Crippen molar-refractivity contribution in [3.05, 3.63) is 42.1 Å². The van der Waals surface area contributed by atoms with Crippen molar-refractivity contribution in [3.8, 4) is 34.7 Å². The first-order valence-corrected chi connectivity index (χ1v) is 10.6. The highest BCUT2D eigenvalue weighted by Crippen LogP contribution is 2.39. The molecule has 4 rings (SSSR count). The first kappa shape index (κ1) is 21.0. The first-order chi connectivity index (χ1) is 15.0. The van der Waals surface area contributed by atoms with Crippen LogP contribution in [-0.2, 0) is 0 Å². The van der Waals surface area contributed by atoms with Crippen LogP contribution in [0.4, 0.5) is 0 Å². The first-order valence-electron chi connectivity index (χ1n) is 10.6. The van der Waals surface area contributed by atoms with Crippen LogP contribution in [0.1, 0.15) is 38.2 Å². The summed E-state index contributed by atoms with van der Waals surface area (Å²) < 4.78 is 19.2. The predicted octanol–water partition coefficient (Wildman–Crippen LogP) is 4.18. The van der Waals surface area contributed by atoms with Crippen LogP contribution in [0.2, 0.25) is 0 Å². The van der Waals surface area contributed by atoms with Gasteiger partial charge in [-0.1, -0.05) is 25.8 Å². The van der Waals surface area contributed by atoms with E-state index >= 15 is 0 Å². The molecule has 0 amide bonds. The van der Waals surface area contributed by atoms with Gasteiger partial charge in [0.1, 0.15) is 35.4 Å². The molecule has 2 atom stereocenters. The minimum Gasteiger partial charge on any atom is -0.495 e. The molecule has 0 bridgehead atoms. The lowest BCUT2D eigenvalue weighted by Crippen LogP contribution is -2.48. The molecule has 0 aliphatic heterocycles. The molecule has 0 radical (unpaired) electrons. The monoisotopic (exact) mass is 420 g/mol. The van der Waals surface area contributed by atoms with E-state index in [4.69, 9.17) is 19.9 Å². The largest absolute Gasteiger partial charge is 0.495 e. The molecule has 1 aliphatic carbocycles. The van der Waals surface area contributed by atoms with Gasteiger partial charge in [-0.15, -0.1) is 0 Å². The number of fused-ring (bicyclic) bond motifs is 1. The number of hydrogen-bond donors (Lipinski definition) is 1. The Morgan fingerprint density at radius 1 is 1.26 bits per heavy atom. The number of nitrogens with two attached hydrogens (primary N) is 1. The second kappa shape index (κ2) is 8.48. The Morgan fingerprint density at radius 3 is 2.77 bits per heavy atom. The maximum atomic E-state index is 9.78. The normalized spacial score (nSPS) is 20.5. The molecule has 0 saturated heterocycles. The Morgan fingerprint density at radius 2 is 2.06 bits per heavy atom. The van der Waals surface area contributed by atoms with Gasteiger partial charge >= 0.3 is 0 Å². The van der Waals surface area contributed by atoms with Crippen LogP contribution in [0.15, 0.2) is 36.5 Å². The van der Waals surface area contributed by atoms with Crippen LogP contribution in [0.3, 0.4) is 0 Å². The standard InChI is InChI=1S/C24H28N4O3/c1-4-17-7-6-10-24(17,26)15-31-21-12-16(11-20(29-2)18(21)13-25)19-14-27-22-8-5-9-23(30-3)28(19)22/h5,8-9,11-12,14,17H,4,6-7,10,15,26H2,1-3H3/t17-,24-/m1/s1. The van der Waals surface area contributed by atoms with E-state index in [9.17, 15) is 5.26 Å². The Balaban J connectivity index is 1.77. The van der Waals surface area contributed by atoms with Gasteiger partial charge in [0.15, 0.2) is 5.88 Å². The van der Waals surface area contributed by atoms with Gasteiger partial charge in [0.25, 0.3) is 0 Å². The minimum absolute atomic E-state index is 0.363. The molecule has 2 aromatic heterocycles. The summed E-state index contributed by atoms with van der Waals surface area (Å²) in [5, 5.41) is 9.78. The SMILES string of the molecule is CC[C@@H]1CCC[C@@]1(N)COc1cc(-c2cnc3cccc(OC)n23)cc(OC)c1C#N. The van der Waals surface area contributed by atoms with E-state index < -0.39 is 0 Å². The number of nitriles is 1. The second-order valence-electron chi connectivity index (χ2n) is 8.09. The molecule has 1 saturated carbocycles. The third kappa shape index (κ3) is 3.68. The Hall–Kier alpha value is -3.24. The van der Waals surface area contributed by atoms with Crippen LogP contribution in [0, 0.1) is 17.2 Å². The number of hydrogen-bond acceptors (Lipinski definition) is 6. The number of aromatic nitrogens is 2. The quantitative estimate of drug-likeness (QED) is 0.616. The van der Waals surface area contributed by atoms with Crippen LogP contribution in [-0.4, -0.2) is 35.8 Å². The van der Waals surface area contributed by atoms with Gasteiger partial charge in [-0.05, 0) is 43.0 Å². The van der Waals surface area contributed by atoms with Crippen LogP contribution in [0.5, 0.6) is 17.4 Å². The number of imidazole rings is 1. The summed E-state index contributed by atoms with van der Waals surface area (Å²) in [6.07, 6.45) is 5.95. The number of ether oxygens (including phenoxy) is 3. The van der Waals surface area contributed by atoms with E-state index in [1.54, 1.807) is 20.4 Å². The predicted molar refractivity (Wildman–Crippen MR) is 118 cm³/mol. The van der Waals surface area contributed by atoms with Crippen molar-refractivity contribution in [2.75, 3.05) is 20.8 Å². The molecule has 2 heterocycles. The number of methoxy groups -OCH3 is 2. The van der Waals surface area contributed by atoms with Crippen LogP contribution >= 0.6 is 0 Å². The van der Waals surface area contributed by atoms with E-state index in [1.807, 2.05) is 34.7 Å². The van der Waals surface area contributed by atoms with Crippen molar-refractivity contribution >= 4 is 5.65 Å². The van der Waals surface area contributed by atoms with E-state index in [1.165, 1.54) is 0 Å². The Labute approximate surface area is 182 Å². The average Bonchev–Trinajstić information content (AvgIpc) is 3.40. The number of benzene rings is 1. The molecule has 0 unspecified atom stereocenters. The summed E-state index contributed by atoms with van der Waals surface area (Å²) in [5.41, 5.74) is 9.07. The van der Waals surface area contributed by atoms with E-state index in [2.05, 4.69) is 18.0 Å². The Bertz CT molecular complexity index is 1130. The minimum atomic E-state index is -0.378. The van der Waals surface area contributed by atoms with E-state index in [0.717, 1.165) is 42.6 Å². The highest BCUT2D eigenvalue weighted by molar-refractivity contribution is 5.71. The molecule has 2 N–H and O–H groups in total. The van der Waals surface area contributed by atoms with Gasteiger partial charge in [-0.3, -0.25) is 4.40 Å². The third-order valence-corrected chi connectivity index (χ3v) is 6.39. The molecule has 1 fully saturated rings. The maximum absolute atomic E-state index is 9.78. The van der Waals surface area contributed by atoms with Crippen LogP contribution < -0.4 is 19.9 Å². The number of nitrogens with zero attached hydrogens (tertiary/aromatic N) is 3. The molecule has 7 heteroatoms. The van der Waals surface area contributed by atoms with E-state index in [0.29, 0.717) is 35.5 Å². The van der Waals surface area contributed by atoms with Crippen molar-refractivity contribution < 1.29 is 14.2 Å². The molecule has 0 spiro atoms. The van der Waals surface area contributed by atoms with Gasteiger partial charge in [-0.25, -0.2) is 4.98 Å². The lowest BCUT2D eigenvalue weighted by molar-refractivity contribution is 0.175. The van der Waals surface area contributed by atoms with Gasteiger partial charge in [0, 0.05) is 5.56 Å². The van der Waals surface area contributed by atoms with E-state index in [-0.39, 0.29) is 5.54 Å². The summed E-state index contributed by atoms with van der Waals surface area (Å²) in [7, 11) is 3.17. The number of rotatable bonds is 7. The molecule has 1 aromatic carbocycles. The zero-order valence-electron chi connectivity index (χ0n) is 18.2. The summed E-state index contributed by atoms with van der Waals surface area (Å²) in [6.45, 7) is 2.53. The fourth-order valence-electron chi connectivity index (χ4n) is 4.67. The van der Waals surface area contributed by atoms with Gasteiger partial charge in [0.05, 0.1) is 31.6 Å². The summed E-state index contributed by atoms with van der Waals surface area (Å²) in [4.78, 5) is 4.49. The zero-order chi connectivity index (χ0) is 22.0. The molecular weight excluding hydrogens is 392 g/mol. The summed E-state index contributed by atoms with van der Waals surface area (Å²) >= 11 is 0. The van der Waals surface area contributed by atoms with Gasteiger partial charge in [0.2, 0.25) is 0 Å². The lowest BCUT2D eigenvalue weighted by atomic mass is 9.87. The third-order valence-electron chi connectivity index (χ3n) is 6.39. The number of pyridine rings is 1. The summed E-state index contributed by atoms with van der Waals surface area (Å²) in [6, 6.07) is 11.6. The molecule has 1 aliphatic rings. The van der Waals surface area contributed by atoms with Crippen molar-refractivity contribution in [1.82, 2.24) is 9.38 Å². The molecule has 7 nitrogen and oxygen atoms in total. The Kier molecular flexibility index (Phi) is 5.75. The molecule has 31 heavy (non-hydrogen) atoms. The van der Waals surface area contributed by atoms with Gasteiger partial charge < -0.3 is 19.9 Å². The van der Waals surface area contributed by atoms with Gasteiger partial charge in [-0.2, -0.15) is 5.26 Å². The maximum Gasteiger partial charge on any atom is 0.199 e. The van der Waals surface area contributed by atoms with Crippen molar-refractivity contribution in [1.29, 1.82) is 5.26 Å². The summed E-state index contributed by atoms with van der Waals surface area (Å²) in [5.74, 6) is 2.00.